The fourth-order valence-electron chi connectivity index (χ4n) is 1.09. The van der Waals surface area contributed by atoms with Gasteiger partial charge in [0.25, 0.3) is 0 Å². The van der Waals surface area contributed by atoms with Crippen LogP contribution >= 0.6 is 0 Å². The predicted molar refractivity (Wildman–Crippen MR) is 48.9 cm³/mol. The van der Waals surface area contributed by atoms with E-state index in [-0.39, 0.29) is 0 Å². The van der Waals surface area contributed by atoms with Gasteiger partial charge in [-0.05, 0) is 12.1 Å². The van der Waals surface area contributed by atoms with Crippen LogP contribution in [-0.4, -0.2) is 21.4 Å². The molecular weight excluding hydrogens is 166 g/mol. The van der Waals surface area contributed by atoms with E-state index in [1.807, 2.05) is 24.3 Å². The van der Waals surface area contributed by atoms with Crippen molar-refractivity contribution >= 4 is 17.2 Å². The predicted octanol–water partition coefficient (Wildman–Crippen LogP) is 1.44. The number of para-hydroxylation sites is 2. The monoisotopic (exact) mass is 173 g/mol. The molecule has 1 aromatic carbocycles. The number of rotatable bonds is 1. The average molecular weight is 173 g/mol. The van der Waals surface area contributed by atoms with Gasteiger partial charge < -0.3 is 5.21 Å². The van der Waals surface area contributed by atoms with Gasteiger partial charge in [-0.2, -0.15) is 0 Å². The first kappa shape index (κ1) is 7.67. The summed E-state index contributed by atoms with van der Waals surface area (Å²) in [6.07, 6.45) is 2.81. The van der Waals surface area contributed by atoms with Crippen molar-refractivity contribution in [2.75, 3.05) is 0 Å². The molecule has 64 valence electrons. The quantitative estimate of drug-likeness (QED) is 0.403. The van der Waals surface area contributed by atoms with E-state index in [4.69, 9.17) is 5.21 Å². The number of nitrogens with zero attached hydrogens (tertiary/aromatic N) is 3. The zero-order chi connectivity index (χ0) is 9.10. The molecule has 0 unspecified atom stereocenters. The van der Waals surface area contributed by atoms with Gasteiger partial charge in [-0.15, -0.1) is 0 Å². The Morgan fingerprint density at radius 1 is 1.23 bits per heavy atom. The molecule has 0 fully saturated rings. The standard InChI is InChI=1S/C9H7N3O/c13-11-6-7-5-10-8-3-1-2-4-9(8)12-7/h1-6,13H/b11-6+. The zero-order valence-corrected chi connectivity index (χ0v) is 6.75. The summed E-state index contributed by atoms with van der Waals surface area (Å²) in [6, 6.07) is 7.52. The molecule has 2 rings (SSSR count). The number of hydrogen-bond acceptors (Lipinski definition) is 4. The van der Waals surface area contributed by atoms with Crippen molar-refractivity contribution in [3.63, 3.8) is 0 Å². The average Bonchev–Trinajstić information content (AvgIpc) is 2.18. The summed E-state index contributed by atoms with van der Waals surface area (Å²) in [7, 11) is 0. The zero-order valence-electron chi connectivity index (χ0n) is 6.75. The lowest BCUT2D eigenvalue weighted by Crippen LogP contribution is -1.90. The van der Waals surface area contributed by atoms with Crippen LogP contribution in [0.15, 0.2) is 35.6 Å². The molecule has 1 heterocycles. The van der Waals surface area contributed by atoms with Crippen LogP contribution < -0.4 is 0 Å². The Labute approximate surface area is 74.6 Å². The smallest absolute Gasteiger partial charge is 0.104 e. The number of hydrogen-bond donors (Lipinski definition) is 1. The minimum atomic E-state index is 0.543. The summed E-state index contributed by atoms with van der Waals surface area (Å²) in [4.78, 5) is 8.33. The summed E-state index contributed by atoms with van der Waals surface area (Å²) in [5.74, 6) is 0. The third kappa shape index (κ3) is 1.46. The van der Waals surface area contributed by atoms with Crippen LogP contribution in [0.3, 0.4) is 0 Å². The number of aromatic nitrogens is 2. The number of fused-ring (bicyclic) bond motifs is 1. The fraction of sp³-hybridized carbons (Fsp3) is 0. The van der Waals surface area contributed by atoms with E-state index in [1.165, 1.54) is 6.21 Å². The van der Waals surface area contributed by atoms with Crippen molar-refractivity contribution in [2.45, 2.75) is 0 Å². The summed E-state index contributed by atoms with van der Waals surface area (Å²) in [5, 5.41) is 11.2. The van der Waals surface area contributed by atoms with E-state index in [1.54, 1.807) is 6.20 Å². The highest BCUT2D eigenvalue weighted by Gasteiger charge is 1.95. The third-order valence-electron chi connectivity index (χ3n) is 1.66. The molecule has 2 aromatic rings. The minimum Gasteiger partial charge on any atom is -0.411 e. The molecule has 0 radical (unpaired) electrons. The van der Waals surface area contributed by atoms with Gasteiger partial charge in [0.15, 0.2) is 0 Å². The second-order valence-electron chi connectivity index (χ2n) is 2.53. The van der Waals surface area contributed by atoms with Gasteiger partial charge in [-0.1, -0.05) is 17.3 Å². The lowest BCUT2D eigenvalue weighted by atomic mass is 10.3. The van der Waals surface area contributed by atoms with Gasteiger partial charge in [0.05, 0.1) is 23.4 Å². The molecule has 0 amide bonds. The van der Waals surface area contributed by atoms with Crippen LogP contribution in [0.1, 0.15) is 5.69 Å². The Hall–Kier alpha value is -1.97. The lowest BCUT2D eigenvalue weighted by Gasteiger charge is -1.95. The Kier molecular flexibility index (Phi) is 1.88. The van der Waals surface area contributed by atoms with E-state index in [0.29, 0.717) is 5.69 Å². The maximum Gasteiger partial charge on any atom is 0.104 e. The highest BCUT2D eigenvalue weighted by Crippen LogP contribution is 2.06. The van der Waals surface area contributed by atoms with Crippen LogP contribution in [0.4, 0.5) is 0 Å². The van der Waals surface area contributed by atoms with E-state index in [0.717, 1.165) is 11.0 Å². The van der Waals surface area contributed by atoms with Gasteiger partial charge in [0.2, 0.25) is 0 Å². The summed E-state index contributed by atoms with van der Waals surface area (Å²) < 4.78 is 0. The Bertz CT molecular complexity index is 453. The van der Waals surface area contributed by atoms with Gasteiger partial charge in [0.1, 0.15) is 5.69 Å². The Morgan fingerprint density at radius 2 is 2.00 bits per heavy atom. The van der Waals surface area contributed by atoms with Gasteiger partial charge in [0, 0.05) is 0 Å². The maximum absolute atomic E-state index is 8.29. The molecule has 0 aliphatic rings. The first-order valence-electron chi connectivity index (χ1n) is 3.79. The van der Waals surface area contributed by atoms with Gasteiger partial charge >= 0.3 is 0 Å². The SMILES string of the molecule is O/N=C/c1cnc2ccccc2n1. The second-order valence-corrected chi connectivity index (χ2v) is 2.53. The number of benzene rings is 1. The first-order valence-corrected chi connectivity index (χ1v) is 3.79. The molecule has 0 saturated heterocycles. The summed E-state index contributed by atoms with van der Waals surface area (Å²) in [5.41, 5.74) is 2.17. The third-order valence-corrected chi connectivity index (χ3v) is 1.66. The molecule has 4 nitrogen and oxygen atoms in total. The van der Waals surface area contributed by atoms with Crippen molar-refractivity contribution < 1.29 is 5.21 Å². The normalized spacial score (nSPS) is 11.1. The largest absolute Gasteiger partial charge is 0.411 e. The molecular formula is C9H7N3O. The molecule has 0 bridgehead atoms. The highest BCUT2D eigenvalue weighted by molar-refractivity contribution is 5.81. The Morgan fingerprint density at radius 3 is 2.77 bits per heavy atom. The van der Waals surface area contributed by atoms with Gasteiger partial charge in [-0.25, -0.2) is 4.98 Å². The van der Waals surface area contributed by atoms with Crippen molar-refractivity contribution in [1.82, 2.24) is 9.97 Å². The van der Waals surface area contributed by atoms with Crippen molar-refractivity contribution in [3.05, 3.63) is 36.2 Å². The molecule has 0 aliphatic carbocycles. The number of oxime groups is 1. The molecule has 0 spiro atoms. The lowest BCUT2D eigenvalue weighted by molar-refractivity contribution is 0.321. The van der Waals surface area contributed by atoms with E-state index < -0.39 is 0 Å². The van der Waals surface area contributed by atoms with E-state index in [2.05, 4.69) is 15.1 Å². The van der Waals surface area contributed by atoms with Crippen LogP contribution in [0.5, 0.6) is 0 Å². The van der Waals surface area contributed by atoms with Crippen molar-refractivity contribution in [1.29, 1.82) is 0 Å². The summed E-state index contributed by atoms with van der Waals surface area (Å²) >= 11 is 0. The fourth-order valence-corrected chi connectivity index (χ4v) is 1.09. The molecule has 4 heteroatoms. The van der Waals surface area contributed by atoms with E-state index >= 15 is 0 Å². The van der Waals surface area contributed by atoms with Crippen LogP contribution in [0.2, 0.25) is 0 Å². The van der Waals surface area contributed by atoms with Gasteiger partial charge in [-0.3, -0.25) is 4.98 Å². The van der Waals surface area contributed by atoms with E-state index in [9.17, 15) is 0 Å². The molecule has 13 heavy (non-hydrogen) atoms. The Balaban J connectivity index is 2.62. The molecule has 1 aromatic heterocycles. The van der Waals surface area contributed by atoms with Crippen LogP contribution in [-0.2, 0) is 0 Å². The topological polar surface area (TPSA) is 58.4 Å². The van der Waals surface area contributed by atoms with Crippen molar-refractivity contribution in [2.24, 2.45) is 5.16 Å². The van der Waals surface area contributed by atoms with Crippen LogP contribution in [0.25, 0.3) is 11.0 Å². The molecule has 0 saturated carbocycles. The molecule has 0 atom stereocenters. The van der Waals surface area contributed by atoms with Crippen molar-refractivity contribution in [3.8, 4) is 0 Å². The maximum atomic E-state index is 8.29. The summed E-state index contributed by atoms with van der Waals surface area (Å²) in [6.45, 7) is 0. The van der Waals surface area contributed by atoms with Crippen LogP contribution in [0, 0.1) is 0 Å². The first-order chi connectivity index (χ1) is 6.40. The second kappa shape index (κ2) is 3.18. The minimum absolute atomic E-state index is 0.543. The highest BCUT2D eigenvalue weighted by atomic mass is 16.4. The molecule has 0 aliphatic heterocycles. The molecule has 1 N–H and O–H groups in total.